The van der Waals surface area contributed by atoms with Crippen molar-refractivity contribution in [3.05, 3.63) is 19.6 Å². The van der Waals surface area contributed by atoms with Crippen molar-refractivity contribution in [3.63, 3.8) is 0 Å². The fraction of sp³-hybridized carbons (Fsp3) is 0.667. The Morgan fingerprint density at radius 2 is 1.00 bits per heavy atom. The molecule has 0 fully saturated rings. The summed E-state index contributed by atoms with van der Waals surface area (Å²) in [5.41, 5.74) is 0.204. The number of quaternary nitrogens is 1. The van der Waals surface area contributed by atoms with Crippen LogP contribution in [0.3, 0.4) is 0 Å². The molecule has 10 heteroatoms. The van der Waals surface area contributed by atoms with E-state index in [0.29, 0.717) is 4.24 Å². The largest absolute Gasteiger partial charge is 2.00 e. The first-order valence-corrected chi connectivity index (χ1v) is 13.4. The average Bonchev–Trinajstić information content (AvgIpc) is 2.80. The Morgan fingerprint density at radius 1 is 0.706 bits per heavy atom. The van der Waals surface area contributed by atoms with Gasteiger partial charge in [0, 0.05) is 25.3 Å². The van der Waals surface area contributed by atoms with Crippen molar-refractivity contribution in [2.75, 3.05) is 26.2 Å². The Bertz CT molecular complexity index is 632. The van der Waals surface area contributed by atoms with Gasteiger partial charge in [-0.2, -0.15) is 10.5 Å². The van der Waals surface area contributed by atoms with Gasteiger partial charge in [0.2, 0.25) is 0 Å². The van der Waals surface area contributed by atoms with Crippen LogP contribution in [0.1, 0.15) is 79.1 Å². The number of nitrogens with one attached hydrogen (secondary N) is 2. The van der Waals surface area contributed by atoms with Crippen LogP contribution in [0.15, 0.2) is 19.6 Å². The normalized spacial score (nSPS) is 9.06. The number of nitriles is 2. The molecule has 0 heterocycles. The molecule has 0 aliphatic heterocycles. The summed E-state index contributed by atoms with van der Waals surface area (Å²) in [5.74, 6) is 0. The third kappa shape index (κ3) is 23.1. The zero-order valence-electron chi connectivity index (χ0n) is 21.0. The Kier molecular flexibility index (Phi) is 34.0. The van der Waals surface area contributed by atoms with Crippen LogP contribution < -0.4 is 10.5 Å². The molecule has 0 aromatic heterocycles. The van der Waals surface area contributed by atoms with Gasteiger partial charge in [0.1, 0.15) is 17.7 Å². The predicted octanol–water partition coefficient (Wildman–Crippen LogP) is 1.87. The Morgan fingerprint density at radius 3 is 1.09 bits per heavy atom. The standard InChI is InChI=1S/C16H36N.2C4H2N2S2.Cu/c1-5-9-13-17(14-10-6-2,15-11-7-3)16-12-8-4;2*5-1-3(2-6)4(7)8;/h5-16H2,1-4H3;2*7-8H;/q+1;;;+2/p+4. The molecule has 2 N–H and O–H groups in total. The van der Waals surface area contributed by atoms with Crippen LogP contribution in [0.5, 0.6) is 0 Å². The molecule has 1 radical (unpaired) electrons. The second-order valence-electron chi connectivity index (χ2n) is 7.57. The molecular weight excluding hydrogens is 550 g/mol. The molecule has 0 aliphatic rings. The monoisotopic (exact) mass is 593 g/mol. The fourth-order valence-corrected chi connectivity index (χ4v) is 3.38. The average molecular weight is 594 g/mol. The number of rotatable bonds is 12. The van der Waals surface area contributed by atoms with Gasteiger partial charge in [0.05, 0.1) is 30.4 Å². The molecule has 34 heavy (non-hydrogen) atoms. The van der Waals surface area contributed by atoms with E-state index < -0.39 is 0 Å². The topological polar surface area (TPSA) is 95.2 Å². The van der Waals surface area contributed by atoms with E-state index in [-0.39, 0.29) is 32.5 Å². The first kappa shape index (κ1) is 40.5. The van der Waals surface area contributed by atoms with E-state index in [9.17, 15) is 0 Å². The Labute approximate surface area is 241 Å². The molecule has 0 bridgehead atoms. The van der Waals surface area contributed by atoms with E-state index in [1.54, 1.807) is 12.1 Å². The maximum atomic E-state index is 8.07. The number of thiol groups is 2. The van der Waals surface area contributed by atoms with Crippen molar-refractivity contribution < 1.29 is 32.1 Å². The minimum Gasteiger partial charge on any atom is -0.324 e. The summed E-state index contributed by atoms with van der Waals surface area (Å²) in [6.07, 6.45) is 11.1. The van der Waals surface area contributed by atoms with Crippen LogP contribution in [0, 0.1) is 34.8 Å². The van der Waals surface area contributed by atoms with Gasteiger partial charge in [-0.3, -0.25) is 0 Å². The van der Waals surface area contributed by atoms with Crippen molar-refractivity contribution in [2.45, 2.75) is 79.1 Å². The van der Waals surface area contributed by atoms with Crippen molar-refractivity contribution in [2.24, 2.45) is 0 Å². The summed E-state index contributed by atoms with van der Waals surface area (Å²) in [6.45, 7) is 15.0. The van der Waals surface area contributed by atoms with Gasteiger partial charge < -0.3 is 4.48 Å². The Balaban J connectivity index is -0.000000222. The van der Waals surface area contributed by atoms with Gasteiger partial charge in [0.15, 0.2) is 0 Å². The number of hydrogen-bond acceptors (Lipinski definition) is 4. The van der Waals surface area contributed by atoms with Crippen LogP contribution in [-0.2, 0) is 42.3 Å². The molecule has 0 rings (SSSR count). The van der Waals surface area contributed by atoms with Gasteiger partial charge in [-0.25, -0.2) is 0 Å². The van der Waals surface area contributed by atoms with Gasteiger partial charge >= 0.3 is 39.0 Å². The van der Waals surface area contributed by atoms with E-state index in [2.05, 4.69) is 78.2 Å². The third-order valence-corrected chi connectivity index (χ3v) is 5.84. The zero-order valence-corrected chi connectivity index (χ0v) is 25.8. The molecule has 0 saturated heterocycles. The van der Waals surface area contributed by atoms with Gasteiger partial charge in [0.25, 0.3) is 0 Å². The van der Waals surface area contributed by atoms with Gasteiger partial charge in [-0.1, -0.05) is 63.9 Å². The maximum Gasteiger partial charge on any atom is 2.00 e. The summed E-state index contributed by atoms with van der Waals surface area (Å²) < 4.78 is 2.09. The smallest absolute Gasteiger partial charge is 0.324 e. The van der Waals surface area contributed by atoms with E-state index in [4.69, 9.17) is 21.0 Å². The van der Waals surface area contributed by atoms with Crippen LogP contribution in [0.2, 0.25) is 0 Å². The molecule has 5 nitrogen and oxygen atoms in total. The molecule has 0 aliphatic carbocycles. The minimum atomic E-state index is -0.0586. The molecule has 0 saturated carbocycles. The number of hydrogen-bond donors (Lipinski definition) is 4. The van der Waals surface area contributed by atoms with Crippen LogP contribution >= 0.6 is 25.3 Å². The molecule has 0 atom stereocenters. The van der Waals surface area contributed by atoms with E-state index in [0.717, 1.165) is 0 Å². The first-order valence-electron chi connectivity index (χ1n) is 11.5. The summed E-state index contributed by atoms with van der Waals surface area (Å²) in [4.78, 5) is 0. The Hall–Kier alpha value is -0.681. The quantitative estimate of drug-likeness (QED) is 0.0914. The molecular formula is C24H44CuN5S4+7. The summed E-state index contributed by atoms with van der Waals surface area (Å²) in [6, 6.07) is 7.20. The molecule has 0 spiro atoms. The van der Waals surface area contributed by atoms with E-state index in [1.165, 1.54) is 82.0 Å². The van der Waals surface area contributed by atoms with Crippen molar-refractivity contribution >= 4 is 50.5 Å². The maximum absolute atomic E-state index is 8.07. The van der Waals surface area contributed by atoms with E-state index >= 15 is 0 Å². The number of allylic oxidation sites excluding steroid dienone is 2. The summed E-state index contributed by atoms with van der Waals surface area (Å²) in [7, 11) is 0. The van der Waals surface area contributed by atoms with E-state index in [1.807, 2.05) is 12.1 Å². The second kappa shape index (κ2) is 28.6. The van der Waals surface area contributed by atoms with Crippen molar-refractivity contribution in [1.82, 2.24) is 0 Å². The zero-order chi connectivity index (χ0) is 26.1. The number of nitrogens with zero attached hydrogens (tertiary/aromatic N) is 3. The minimum absolute atomic E-state index is 0. The van der Waals surface area contributed by atoms with Crippen LogP contribution in [0.25, 0.3) is 0 Å². The molecule has 0 amide bonds. The predicted molar refractivity (Wildman–Crippen MR) is 153 cm³/mol. The summed E-state index contributed by atoms with van der Waals surface area (Å²) in [5, 5.41) is 29.2. The fourth-order valence-electron chi connectivity index (χ4n) is 2.93. The number of unbranched alkanes of at least 4 members (excludes halogenated alkanes) is 4. The van der Waals surface area contributed by atoms with Crippen molar-refractivity contribution in [3.8, 4) is 24.3 Å². The molecule has 0 aromatic rings. The first-order chi connectivity index (χ1) is 15.7. The second-order valence-corrected chi connectivity index (χ2v) is 10.3. The molecule has 193 valence electrons. The van der Waals surface area contributed by atoms with Gasteiger partial charge in [-0.15, -0.1) is 25.3 Å². The third-order valence-electron chi connectivity index (χ3n) is 4.89. The SMILES string of the molecule is CCCC[N+](CCCC)(CCCC)CCCC.N#CC(C#N)=C(S)S.[Cu+2].[NH+]#CC(C#[NH+])=C([SH2+])[SH2+]. The van der Waals surface area contributed by atoms with Crippen molar-refractivity contribution in [1.29, 1.82) is 10.5 Å². The molecule has 0 unspecified atom stereocenters. The molecule has 0 aromatic carbocycles. The summed E-state index contributed by atoms with van der Waals surface area (Å²) >= 11 is 13.4. The van der Waals surface area contributed by atoms with Crippen LogP contribution in [0.4, 0.5) is 0 Å². The van der Waals surface area contributed by atoms with Crippen LogP contribution in [-0.4, -0.2) is 30.7 Å². The van der Waals surface area contributed by atoms with Gasteiger partial charge in [-0.05, 0) is 25.7 Å².